The van der Waals surface area contributed by atoms with E-state index in [9.17, 15) is 14.9 Å². The van der Waals surface area contributed by atoms with Gasteiger partial charge in [0.2, 0.25) is 0 Å². The van der Waals surface area contributed by atoms with Crippen LogP contribution in [0.15, 0.2) is 72.8 Å². The van der Waals surface area contributed by atoms with Crippen LogP contribution in [0.1, 0.15) is 15.9 Å². The van der Waals surface area contributed by atoms with Gasteiger partial charge in [-0.3, -0.25) is 14.9 Å². The Morgan fingerprint density at radius 2 is 1.61 bits per heavy atom. The van der Waals surface area contributed by atoms with Gasteiger partial charge in [0, 0.05) is 17.7 Å². The predicted octanol–water partition coefficient (Wildman–Crippen LogP) is 4.64. The summed E-state index contributed by atoms with van der Waals surface area (Å²) in [7, 11) is 0. The molecule has 0 atom stereocenters. The zero-order valence-corrected chi connectivity index (χ0v) is 12.2. The van der Waals surface area contributed by atoms with Crippen LogP contribution in [0.5, 0.6) is 0 Å². The molecule has 0 saturated heterocycles. The van der Waals surface area contributed by atoms with E-state index in [1.165, 1.54) is 18.2 Å². The molecule has 0 saturated carbocycles. The average molecular weight is 303 g/mol. The van der Waals surface area contributed by atoms with Crippen LogP contribution in [0, 0.1) is 10.1 Å². The van der Waals surface area contributed by atoms with Crippen molar-refractivity contribution in [2.45, 2.75) is 0 Å². The largest absolute Gasteiger partial charge is 0.289 e. The average Bonchev–Trinajstić information content (AvgIpc) is 2.59. The first kappa shape index (κ1) is 14.7. The summed E-state index contributed by atoms with van der Waals surface area (Å²) < 4.78 is 0. The number of carbonyl (C=O) groups excluding carboxylic acids is 1. The zero-order chi connectivity index (χ0) is 16.2. The lowest BCUT2D eigenvalue weighted by Gasteiger charge is -2.00. The van der Waals surface area contributed by atoms with E-state index >= 15 is 0 Å². The Morgan fingerprint density at radius 1 is 0.913 bits per heavy atom. The van der Waals surface area contributed by atoms with E-state index in [-0.39, 0.29) is 11.5 Å². The molecule has 3 rings (SSSR count). The summed E-state index contributed by atoms with van der Waals surface area (Å²) in [5.74, 6) is -0.103. The number of non-ortho nitro benzene ring substituents is 1. The Kier molecular flexibility index (Phi) is 3.97. The van der Waals surface area contributed by atoms with Crippen molar-refractivity contribution in [3.63, 3.8) is 0 Å². The SMILES string of the molecule is O=C(/C=C\c1ccc([N+](=O)[O-])cc1)c1ccc2ccccc2c1. The molecule has 0 aromatic heterocycles. The maximum atomic E-state index is 12.2. The Morgan fingerprint density at radius 3 is 2.30 bits per heavy atom. The molecule has 4 nitrogen and oxygen atoms in total. The first-order valence-electron chi connectivity index (χ1n) is 7.09. The number of hydrogen-bond donors (Lipinski definition) is 0. The standard InChI is InChI=1S/C19H13NO3/c21-19(12-7-14-5-10-18(11-6-14)20(22)23)17-9-8-15-3-1-2-4-16(15)13-17/h1-13H/b12-7-. The monoisotopic (exact) mass is 303 g/mol. The van der Waals surface area contributed by atoms with Gasteiger partial charge in [-0.1, -0.05) is 42.5 Å². The normalized spacial score (nSPS) is 11.0. The molecule has 3 aromatic carbocycles. The number of ketones is 1. The first-order valence-corrected chi connectivity index (χ1v) is 7.09. The minimum atomic E-state index is -0.451. The molecule has 23 heavy (non-hydrogen) atoms. The van der Waals surface area contributed by atoms with Crippen LogP contribution in [0.2, 0.25) is 0 Å². The van der Waals surface area contributed by atoms with Crippen molar-refractivity contribution in [2.24, 2.45) is 0 Å². The van der Waals surface area contributed by atoms with Gasteiger partial charge in [0.1, 0.15) is 0 Å². The smallest absolute Gasteiger partial charge is 0.269 e. The number of rotatable bonds is 4. The summed E-state index contributed by atoms with van der Waals surface area (Å²) >= 11 is 0. The van der Waals surface area contributed by atoms with E-state index in [1.54, 1.807) is 24.3 Å². The van der Waals surface area contributed by atoms with E-state index in [1.807, 2.05) is 36.4 Å². The molecule has 3 aromatic rings. The molecular weight excluding hydrogens is 290 g/mol. The second-order valence-corrected chi connectivity index (χ2v) is 5.11. The van der Waals surface area contributed by atoms with Crippen LogP contribution in [-0.4, -0.2) is 10.7 Å². The summed E-state index contributed by atoms with van der Waals surface area (Å²) in [6.07, 6.45) is 3.13. The molecule has 0 aliphatic rings. The quantitative estimate of drug-likeness (QED) is 0.305. The van der Waals surface area contributed by atoms with Gasteiger partial charge >= 0.3 is 0 Å². The third kappa shape index (κ3) is 3.32. The molecule has 0 aliphatic heterocycles. The van der Waals surface area contributed by atoms with Crippen LogP contribution in [0.25, 0.3) is 16.8 Å². The summed E-state index contributed by atoms with van der Waals surface area (Å²) in [4.78, 5) is 22.4. The highest BCUT2D eigenvalue weighted by Gasteiger charge is 2.04. The lowest BCUT2D eigenvalue weighted by molar-refractivity contribution is -0.384. The Bertz CT molecular complexity index is 911. The number of benzene rings is 3. The van der Waals surface area contributed by atoms with Crippen LogP contribution >= 0.6 is 0 Å². The van der Waals surface area contributed by atoms with E-state index < -0.39 is 4.92 Å². The summed E-state index contributed by atoms with van der Waals surface area (Å²) in [5.41, 5.74) is 1.38. The molecule has 0 heterocycles. The van der Waals surface area contributed by atoms with Crippen molar-refractivity contribution in [1.29, 1.82) is 0 Å². The summed E-state index contributed by atoms with van der Waals surface area (Å²) in [6.45, 7) is 0. The minimum Gasteiger partial charge on any atom is -0.289 e. The molecule has 0 N–H and O–H groups in total. The van der Waals surface area contributed by atoms with Crippen molar-refractivity contribution in [1.82, 2.24) is 0 Å². The molecular formula is C19H13NO3. The molecule has 0 bridgehead atoms. The summed E-state index contributed by atoms with van der Waals surface area (Å²) in [5, 5.41) is 12.7. The van der Waals surface area contributed by atoms with Gasteiger partial charge in [0.25, 0.3) is 5.69 Å². The topological polar surface area (TPSA) is 60.2 Å². The molecule has 0 spiro atoms. The van der Waals surface area contributed by atoms with Crippen molar-refractivity contribution >= 4 is 28.3 Å². The summed E-state index contributed by atoms with van der Waals surface area (Å²) in [6, 6.07) is 19.5. The van der Waals surface area contributed by atoms with Crippen molar-refractivity contribution in [3.8, 4) is 0 Å². The van der Waals surface area contributed by atoms with Gasteiger partial charge in [0.05, 0.1) is 4.92 Å². The third-order valence-electron chi connectivity index (χ3n) is 3.57. The van der Waals surface area contributed by atoms with Gasteiger partial charge in [-0.25, -0.2) is 0 Å². The second-order valence-electron chi connectivity index (χ2n) is 5.11. The van der Waals surface area contributed by atoms with Gasteiger partial charge < -0.3 is 0 Å². The number of carbonyl (C=O) groups is 1. The van der Waals surface area contributed by atoms with E-state index in [0.717, 1.165) is 16.3 Å². The fraction of sp³-hybridized carbons (Fsp3) is 0. The molecule has 0 aliphatic carbocycles. The zero-order valence-electron chi connectivity index (χ0n) is 12.2. The fourth-order valence-electron chi connectivity index (χ4n) is 2.32. The van der Waals surface area contributed by atoms with Crippen LogP contribution < -0.4 is 0 Å². The Labute approximate surface area is 132 Å². The van der Waals surface area contributed by atoms with Crippen molar-refractivity contribution in [3.05, 3.63) is 94.0 Å². The molecule has 0 unspecified atom stereocenters. The first-order chi connectivity index (χ1) is 11.1. The van der Waals surface area contributed by atoms with Crippen molar-refractivity contribution < 1.29 is 9.72 Å². The highest BCUT2D eigenvalue weighted by molar-refractivity contribution is 6.08. The molecule has 112 valence electrons. The molecule has 0 amide bonds. The second kappa shape index (κ2) is 6.23. The number of allylic oxidation sites excluding steroid dienone is 1. The van der Waals surface area contributed by atoms with Gasteiger partial charge in [-0.2, -0.15) is 0 Å². The molecule has 0 fully saturated rings. The Balaban J connectivity index is 1.80. The van der Waals surface area contributed by atoms with Gasteiger partial charge in [-0.05, 0) is 40.6 Å². The van der Waals surface area contributed by atoms with Crippen LogP contribution in [0.4, 0.5) is 5.69 Å². The van der Waals surface area contributed by atoms with Crippen LogP contribution in [-0.2, 0) is 0 Å². The van der Waals surface area contributed by atoms with Crippen molar-refractivity contribution in [2.75, 3.05) is 0 Å². The predicted molar refractivity (Wildman–Crippen MR) is 90.4 cm³/mol. The highest BCUT2D eigenvalue weighted by atomic mass is 16.6. The fourth-order valence-corrected chi connectivity index (χ4v) is 2.32. The Hall–Kier alpha value is -3.27. The van der Waals surface area contributed by atoms with E-state index in [4.69, 9.17) is 0 Å². The molecule has 4 heteroatoms. The number of nitro groups is 1. The maximum absolute atomic E-state index is 12.2. The van der Waals surface area contributed by atoms with Crippen LogP contribution in [0.3, 0.4) is 0 Å². The number of nitro benzene ring substituents is 1. The van der Waals surface area contributed by atoms with E-state index in [2.05, 4.69) is 0 Å². The maximum Gasteiger partial charge on any atom is 0.269 e. The van der Waals surface area contributed by atoms with E-state index in [0.29, 0.717) is 5.56 Å². The third-order valence-corrected chi connectivity index (χ3v) is 3.57. The minimum absolute atomic E-state index is 0.0306. The number of hydrogen-bond acceptors (Lipinski definition) is 3. The highest BCUT2D eigenvalue weighted by Crippen LogP contribution is 2.17. The van der Waals surface area contributed by atoms with Gasteiger partial charge in [0.15, 0.2) is 5.78 Å². The molecule has 0 radical (unpaired) electrons. The number of fused-ring (bicyclic) bond motifs is 1. The van der Waals surface area contributed by atoms with Gasteiger partial charge in [-0.15, -0.1) is 0 Å². The lowest BCUT2D eigenvalue weighted by atomic mass is 10.0. The lowest BCUT2D eigenvalue weighted by Crippen LogP contribution is -1.93. The number of nitrogens with zero attached hydrogens (tertiary/aromatic N) is 1.